The second-order valence-electron chi connectivity index (χ2n) is 5.83. The minimum absolute atomic E-state index is 0.0347. The number of anilines is 1. The van der Waals surface area contributed by atoms with Gasteiger partial charge in [0.05, 0.1) is 11.0 Å². The molecule has 2 aromatic carbocycles. The van der Waals surface area contributed by atoms with Crippen LogP contribution in [0.3, 0.4) is 0 Å². The molecular weight excluding hydrogens is 419 g/mol. The summed E-state index contributed by atoms with van der Waals surface area (Å²) in [5.41, 5.74) is 1.57. The van der Waals surface area contributed by atoms with Gasteiger partial charge in [0.15, 0.2) is 0 Å². The predicted molar refractivity (Wildman–Crippen MR) is 108 cm³/mol. The van der Waals surface area contributed by atoms with Crippen LogP contribution in [0, 0.1) is 5.82 Å². The molecule has 0 aliphatic heterocycles. The lowest BCUT2D eigenvalue weighted by Gasteiger charge is -2.21. The van der Waals surface area contributed by atoms with Crippen LogP contribution in [0.1, 0.15) is 12.5 Å². The lowest BCUT2D eigenvalue weighted by Crippen LogP contribution is -2.33. The Morgan fingerprint density at radius 3 is 2.38 bits per heavy atom. The Bertz CT molecular complexity index is 753. The molecule has 2 rings (SSSR count). The van der Waals surface area contributed by atoms with Gasteiger partial charge in [0.25, 0.3) is 0 Å². The molecule has 0 radical (unpaired) electrons. The molecule has 4 nitrogen and oxygen atoms in total. The maximum absolute atomic E-state index is 12.9. The average molecular weight is 439 g/mol. The molecule has 1 unspecified atom stereocenters. The van der Waals surface area contributed by atoms with Crippen molar-refractivity contribution in [3.05, 3.63) is 64.4 Å². The van der Waals surface area contributed by atoms with Gasteiger partial charge in [-0.05, 0) is 48.9 Å². The third-order valence-corrected chi connectivity index (χ3v) is 5.31. The molecule has 2 amide bonds. The van der Waals surface area contributed by atoms with Crippen molar-refractivity contribution in [1.82, 2.24) is 4.90 Å². The van der Waals surface area contributed by atoms with E-state index in [1.165, 1.54) is 36.0 Å². The molecule has 0 fully saturated rings. The van der Waals surface area contributed by atoms with E-state index in [0.717, 1.165) is 10.0 Å². The standard InChI is InChI=1S/C19H20BrFN2O2S/c1-13(19(25)23(2)11-14-3-5-15(20)6-4-14)26-12-18(24)22-17-9-7-16(21)8-10-17/h3-10,13H,11-12H2,1-2H3,(H,22,24). The van der Waals surface area contributed by atoms with Crippen molar-refractivity contribution in [3.63, 3.8) is 0 Å². The Labute approximate surface area is 165 Å². The Balaban J connectivity index is 1.79. The number of amides is 2. The highest BCUT2D eigenvalue weighted by Crippen LogP contribution is 2.17. The smallest absolute Gasteiger partial charge is 0.235 e. The number of carbonyl (C=O) groups excluding carboxylic acids is 2. The van der Waals surface area contributed by atoms with E-state index in [9.17, 15) is 14.0 Å². The molecule has 0 saturated heterocycles. The molecule has 0 heterocycles. The van der Waals surface area contributed by atoms with Gasteiger partial charge in [-0.3, -0.25) is 9.59 Å². The molecule has 138 valence electrons. The van der Waals surface area contributed by atoms with Gasteiger partial charge in [0.1, 0.15) is 5.82 Å². The highest BCUT2D eigenvalue weighted by atomic mass is 79.9. The van der Waals surface area contributed by atoms with Crippen molar-refractivity contribution in [3.8, 4) is 0 Å². The third kappa shape index (κ3) is 6.46. The van der Waals surface area contributed by atoms with Gasteiger partial charge in [-0.1, -0.05) is 28.1 Å². The van der Waals surface area contributed by atoms with Crippen molar-refractivity contribution in [2.75, 3.05) is 18.1 Å². The monoisotopic (exact) mass is 438 g/mol. The van der Waals surface area contributed by atoms with Gasteiger partial charge >= 0.3 is 0 Å². The van der Waals surface area contributed by atoms with E-state index in [1.54, 1.807) is 18.9 Å². The highest BCUT2D eigenvalue weighted by Gasteiger charge is 2.19. The largest absolute Gasteiger partial charge is 0.340 e. The van der Waals surface area contributed by atoms with Crippen LogP contribution in [0.5, 0.6) is 0 Å². The summed E-state index contributed by atoms with van der Waals surface area (Å²) in [6, 6.07) is 13.4. The lowest BCUT2D eigenvalue weighted by atomic mass is 10.2. The normalized spacial score (nSPS) is 11.7. The second-order valence-corrected chi connectivity index (χ2v) is 8.07. The van der Waals surface area contributed by atoms with Crippen LogP contribution in [0.4, 0.5) is 10.1 Å². The molecule has 0 aromatic heterocycles. The van der Waals surface area contributed by atoms with Crippen molar-refractivity contribution < 1.29 is 14.0 Å². The number of hydrogen-bond donors (Lipinski definition) is 1. The van der Waals surface area contributed by atoms with Crippen molar-refractivity contribution in [1.29, 1.82) is 0 Å². The molecule has 1 atom stereocenters. The Morgan fingerprint density at radius 1 is 1.15 bits per heavy atom. The van der Waals surface area contributed by atoms with Crippen LogP contribution in [0.25, 0.3) is 0 Å². The molecular formula is C19H20BrFN2O2S. The fraction of sp³-hybridized carbons (Fsp3) is 0.263. The summed E-state index contributed by atoms with van der Waals surface area (Å²) < 4.78 is 13.8. The van der Waals surface area contributed by atoms with Crippen LogP contribution in [-0.4, -0.2) is 34.8 Å². The molecule has 1 N–H and O–H groups in total. The number of thioether (sulfide) groups is 1. The topological polar surface area (TPSA) is 49.4 Å². The molecule has 7 heteroatoms. The zero-order valence-corrected chi connectivity index (χ0v) is 16.9. The minimum Gasteiger partial charge on any atom is -0.340 e. The van der Waals surface area contributed by atoms with E-state index in [-0.39, 0.29) is 28.6 Å². The number of halogens is 2. The molecule has 0 aliphatic carbocycles. The Kier molecular flexibility index (Phi) is 7.66. The number of benzene rings is 2. The van der Waals surface area contributed by atoms with Crippen LogP contribution < -0.4 is 5.32 Å². The molecule has 0 bridgehead atoms. The number of nitrogens with zero attached hydrogens (tertiary/aromatic N) is 1. The zero-order chi connectivity index (χ0) is 19.1. The fourth-order valence-electron chi connectivity index (χ4n) is 2.25. The molecule has 26 heavy (non-hydrogen) atoms. The summed E-state index contributed by atoms with van der Waals surface area (Å²) in [6.45, 7) is 2.30. The predicted octanol–water partition coefficient (Wildman–Crippen LogP) is 4.31. The highest BCUT2D eigenvalue weighted by molar-refractivity contribution is 9.10. The van der Waals surface area contributed by atoms with Crippen molar-refractivity contribution >= 4 is 45.2 Å². The summed E-state index contributed by atoms with van der Waals surface area (Å²) in [6.07, 6.45) is 0. The summed E-state index contributed by atoms with van der Waals surface area (Å²) >= 11 is 4.66. The molecule has 0 saturated carbocycles. The van der Waals surface area contributed by atoms with E-state index in [1.807, 2.05) is 24.3 Å². The number of rotatable bonds is 7. The minimum atomic E-state index is -0.356. The molecule has 0 aliphatic rings. The Morgan fingerprint density at radius 2 is 1.77 bits per heavy atom. The first kappa shape index (κ1) is 20.5. The van der Waals surface area contributed by atoms with Gasteiger partial charge < -0.3 is 10.2 Å². The van der Waals surface area contributed by atoms with E-state index in [0.29, 0.717) is 12.2 Å². The summed E-state index contributed by atoms with van der Waals surface area (Å²) in [5.74, 6) is -0.467. The SMILES string of the molecule is CC(SCC(=O)Nc1ccc(F)cc1)C(=O)N(C)Cc1ccc(Br)cc1. The summed E-state index contributed by atoms with van der Waals surface area (Å²) in [7, 11) is 1.75. The van der Waals surface area contributed by atoms with E-state index < -0.39 is 0 Å². The summed E-state index contributed by atoms with van der Waals surface area (Å²) in [5, 5.41) is 2.34. The van der Waals surface area contributed by atoms with Gasteiger partial charge in [-0.2, -0.15) is 0 Å². The molecule has 0 spiro atoms. The first-order chi connectivity index (χ1) is 12.3. The maximum Gasteiger partial charge on any atom is 0.235 e. The van der Waals surface area contributed by atoms with E-state index >= 15 is 0 Å². The van der Waals surface area contributed by atoms with Crippen LogP contribution >= 0.6 is 27.7 Å². The van der Waals surface area contributed by atoms with E-state index in [4.69, 9.17) is 0 Å². The van der Waals surface area contributed by atoms with Gasteiger partial charge in [0.2, 0.25) is 11.8 Å². The number of hydrogen-bond acceptors (Lipinski definition) is 3. The van der Waals surface area contributed by atoms with Crippen LogP contribution in [-0.2, 0) is 16.1 Å². The summed E-state index contributed by atoms with van der Waals surface area (Å²) in [4.78, 5) is 26.1. The van der Waals surface area contributed by atoms with E-state index in [2.05, 4.69) is 21.2 Å². The second kappa shape index (κ2) is 9.73. The van der Waals surface area contributed by atoms with Gasteiger partial charge in [-0.25, -0.2) is 4.39 Å². The number of carbonyl (C=O) groups is 2. The Hall–Kier alpha value is -1.86. The maximum atomic E-state index is 12.9. The quantitative estimate of drug-likeness (QED) is 0.700. The first-order valence-corrected chi connectivity index (χ1v) is 9.86. The third-order valence-electron chi connectivity index (χ3n) is 3.65. The zero-order valence-electron chi connectivity index (χ0n) is 14.5. The first-order valence-electron chi connectivity index (χ1n) is 8.01. The van der Waals surface area contributed by atoms with Crippen LogP contribution in [0.15, 0.2) is 53.0 Å². The van der Waals surface area contributed by atoms with Gasteiger partial charge in [0, 0.05) is 23.8 Å². The number of nitrogens with one attached hydrogen (secondary N) is 1. The fourth-order valence-corrected chi connectivity index (χ4v) is 3.31. The van der Waals surface area contributed by atoms with Crippen molar-refractivity contribution in [2.24, 2.45) is 0 Å². The van der Waals surface area contributed by atoms with Crippen molar-refractivity contribution in [2.45, 2.75) is 18.7 Å². The molecule has 2 aromatic rings. The average Bonchev–Trinajstić information content (AvgIpc) is 2.63. The van der Waals surface area contributed by atoms with Gasteiger partial charge in [-0.15, -0.1) is 11.8 Å². The lowest BCUT2D eigenvalue weighted by molar-refractivity contribution is -0.129. The van der Waals surface area contributed by atoms with Crippen LogP contribution in [0.2, 0.25) is 0 Å².